The van der Waals surface area contributed by atoms with E-state index in [-0.39, 0.29) is 11.5 Å². The summed E-state index contributed by atoms with van der Waals surface area (Å²) in [6.07, 6.45) is 10.1. The summed E-state index contributed by atoms with van der Waals surface area (Å²) in [6.45, 7) is 7.94. The molecule has 1 aliphatic heterocycles. The van der Waals surface area contributed by atoms with E-state index in [1.807, 2.05) is 0 Å². The van der Waals surface area contributed by atoms with Gasteiger partial charge in [-0.2, -0.15) is 0 Å². The molecule has 0 bridgehead atoms. The zero-order valence-corrected chi connectivity index (χ0v) is 13.0. The molecule has 1 saturated heterocycles. The van der Waals surface area contributed by atoms with Gasteiger partial charge in [-0.15, -0.1) is 0 Å². The second-order valence-electron chi connectivity index (χ2n) is 7.61. The molecule has 0 aromatic rings. The topological polar surface area (TPSA) is 29.5 Å². The van der Waals surface area contributed by atoms with Crippen LogP contribution >= 0.6 is 0 Å². The molecule has 0 aromatic carbocycles. The van der Waals surface area contributed by atoms with Gasteiger partial charge in [-0.1, -0.05) is 33.6 Å². The highest BCUT2D eigenvalue weighted by molar-refractivity contribution is 4.88. The SMILES string of the molecule is CC1CCC(C(C)(C)CCCC2CCCO2)C(O)C1. The van der Waals surface area contributed by atoms with E-state index >= 15 is 0 Å². The molecular formula is C17H32O2. The van der Waals surface area contributed by atoms with Gasteiger partial charge < -0.3 is 9.84 Å². The second kappa shape index (κ2) is 6.58. The van der Waals surface area contributed by atoms with Gasteiger partial charge >= 0.3 is 0 Å². The first-order valence-corrected chi connectivity index (χ1v) is 8.28. The highest BCUT2D eigenvalue weighted by Crippen LogP contribution is 2.43. The third-order valence-corrected chi connectivity index (χ3v) is 5.45. The lowest BCUT2D eigenvalue weighted by molar-refractivity contribution is -0.0181. The lowest BCUT2D eigenvalue weighted by Gasteiger charge is -2.42. The number of aliphatic hydroxyl groups excluding tert-OH is 1. The molecule has 112 valence electrons. The predicted molar refractivity (Wildman–Crippen MR) is 79.1 cm³/mol. The molecule has 2 aliphatic rings. The molecule has 4 atom stereocenters. The third-order valence-electron chi connectivity index (χ3n) is 5.45. The Morgan fingerprint density at radius 1 is 1.21 bits per heavy atom. The van der Waals surface area contributed by atoms with E-state index in [2.05, 4.69) is 20.8 Å². The first-order valence-electron chi connectivity index (χ1n) is 8.28. The summed E-state index contributed by atoms with van der Waals surface area (Å²) in [5, 5.41) is 10.4. The Bertz CT molecular complexity index is 268. The van der Waals surface area contributed by atoms with Gasteiger partial charge in [-0.25, -0.2) is 0 Å². The molecule has 2 heteroatoms. The van der Waals surface area contributed by atoms with Gasteiger partial charge in [0.2, 0.25) is 0 Å². The minimum atomic E-state index is -0.0820. The van der Waals surface area contributed by atoms with Crippen LogP contribution in [0.5, 0.6) is 0 Å². The highest BCUT2D eigenvalue weighted by atomic mass is 16.5. The largest absolute Gasteiger partial charge is 0.393 e. The van der Waals surface area contributed by atoms with E-state index in [4.69, 9.17) is 4.74 Å². The molecule has 1 N–H and O–H groups in total. The van der Waals surface area contributed by atoms with Crippen LogP contribution in [0.4, 0.5) is 0 Å². The number of aliphatic hydroxyl groups is 1. The molecule has 1 saturated carbocycles. The van der Waals surface area contributed by atoms with Gasteiger partial charge in [0, 0.05) is 6.61 Å². The fourth-order valence-electron chi connectivity index (χ4n) is 4.11. The van der Waals surface area contributed by atoms with Crippen molar-refractivity contribution in [1.82, 2.24) is 0 Å². The minimum Gasteiger partial charge on any atom is -0.393 e. The fourth-order valence-corrected chi connectivity index (χ4v) is 4.11. The van der Waals surface area contributed by atoms with Crippen molar-refractivity contribution in [3.8, 4) is 0 Å². The predicted octanol–water partition coefficient (Wildman–Crippen LogP) is 4.16. The molecular weight excluding hydrogens is 236 g/mol. The van der Waals surface area contributed by atoms with E-state index in [1.54, 1.807) is 0 Å². The molecule has 19 heavy (non-hydrogen) atoms. The molecule has 0 amide bonds. The second-order valence-corrected chi connectivity index (χ2v) is 7.61. The first-order chi connectivity index (χ1) is 8.99. The van der Waals surface area contributed by atoms with Crippen molar-refractivity contribution in [2.45, 2.75) is 84.3 Å². The first kappa shape index (κ1) is 15.3. The fraction of sp³-hybridized carbons (Fsp3) is 1.00. The molecule has 1 aliphatic carbocycles. The van der Waals surface area contributed by atoms with Crippen LogP contribution in [-0.2, 0) is 4.74 Å². The van der Waals surface area contributed by atoms with Gasteiger partial charge in [0.05, 0.1) is 12.2 Å². The Balaban J connectivity index is 1.76. The van der Waals surface area contributed by atoms with E-state index in [9.17, 15) is 5.11 Å². The van der Waals surface area contributed by atoms with E-state index in [0.29, 0.717) is 17.9 Å². The van der Waals surface area contributed by atoms with Crippen molar-refractivity contribution in [3.05, 3.63) is 0 Å². The summed E-state index contributed by atoms with van der Waals surface area (Å²) in [5.74, 6) is 1.20. The highest BCUT2D eigenvalue weighted by Gasteiger charge is 2.37. The van der Waals surface area contributed by atoms with Crippen molar-refractivity contribution in [2.75, 3.05) is 6.61 Å². The summed E-state index contributed by atoms with van der Waals surface area (Å²) in [7, 11) is 0. The maximum atomic E-state index is 10.4. The summed E-state index contributed by atoms with van der Waals surface area (Å²) in [6, 6.07) is 0. The monoisotopic (exact) mass is 268 g/mol. The van der Waals surface area contributed by atoms with Crippen LogP contribution in [0.15, 0.2) is 0 Å². The Hall–Kier alpha value is -0.0800. The van der Waals surface area contributed by atoms with E-state index in [1.165, 1.54) is 44.9 Å². The molecule has 2 fully saturated rings. The molecule has 4 unspecified atom stereocenters. The van der Waals surface area contributed by atoms with Crippen LogP contribution in [0.2, 0.25) is 0 Å². The average molecular weight is 268 g/mol. The number of ether oxygens (including phenoxy) is 1. The molecule has 0 spiro atoms. The van der Waals surface area contributed by atoms with Gasteiger partial charge in [0.15, 0.2) is 0 Å². The van der Waals surface area contributed by atoms with E-state index in [0.717, 1.165) is 13.0 Å². The molecule has 2 rings (SSSR count). The Morgan fingerprint density at radius 2 is 2.00 bits per heavy atom. The maximum Gasteiger partial charge on any atom is 0.0576 e. The maximum absolute atomic E-state index is 10.4. The average Bonchev–Trinajstić information content (AvgIpc) is 2.81. The normalized spacial score (nSPS) is 36.6. The summed E-state index contributed by atoms with van der Waals surface area (Å²) >= 11 is 0. The number of hydrogen-bond donors (Lipinski definition) is 1. The van der Waals surface area contributed by atoms with Gasteiger partial charge in [-0.05, 0) is 55.8 Å². The third kappa shape index (κ3) is 4.19. The van der Waals surface area contributed by atoms with Crippen LogP contribution in [0.1, 0.15) is 72.1 Å². The number of hydrogen-bond acceptors (Lipinski definition) is 2. The Morgan fingerprint density at radius 3 is 2.63 bits per heavy atom. The molecule has 1 heterocycles. The Labute approximate surface area is 118 Å². The van der Waals surface area contributed by atoms with Crippen LogP contribution in [0.25, 0.3) is 0 Å². The van der Waals surface area contributed by atoms with Crippen molar-refractivity contribution in [2.24, 2.45) is 17.3 Å². The van der Waals surface area contributed by atoms with E-state index < -0.39 is 0 Å². The van der Waals surface area contributed by atoms with Crippen LogP contribution in [-0.4, -0.2) is 23.9 Å². The van der Waals surface area contributed by atoms with Crippen LogP contribution in [0.3, 0.4) is 0 Å². The van der Waals surface area contributed by atoms with Gasteiger partial charge in [-0.3, -0.25) is 0 Å². The molecule has 0 aromatic heterocycles. The van der Waals surface area contributed by atoms with Crippen molar-refractivity contribution in [1.29, 1.82) is 0 Å². The zero-order valence-electron chi connectivity index (χ0n) is 13.0. The van der Waals surface area contributed by atoms with Crippen molar-refractivity contribution < 1.29 is 9.84 Å². The quantitative estimate of drug-likeness (QED) is 0.811. The van der Waals surface area contributed by atoms with Crippen LogP contribution < -0.4 is 0 Å². The number of rotatable bonds is 5. The standard InChI is InChI=1S/C17H32O2/c1-13-8-9-15(16(18)12-13)17(2,3)10-4-6-14-7-5-11-19-14/h13-16,18H,4-12H2,1-3H3. The lowest BCUT2D eigenvalue weighted by atomic mass is 9.65. The summed E-state index contributed by atoms with van der Waals surface area (Å²) < 4.78 is 5.70. The molecule has 0 radical (unpaired) electrons. The zero-order chi connectivity index (χ0) is 13.9. The lowest BCUT2D eigenvalue weighted by Crippen LogP contribution is -2.38. The smallest absolute Gasteiger partial charge is 0.0576 e. The minimum absolute atomic E-state index is 0.0820. The molecule has 2 nitrogen and oxygen atoms in total. The van der Waals surface area contributed by atoms with Crippen LogP contribution in [0, 0.1) is 17.3 Å². The van der Waals surface area contributed by atoms with Crippen molar-refractivity contribution >= 4 is 0 Å². The summed E-state index contributed by atoms with van der Waals surface area (Å²) in [5.41, 5.74) is 0.276. The van der Waals surface area contributed by atoms with Crippen molar-refractivity contribution in [3.63, 3.8) is 0 Å². The van der Waals surface area contributed by atoms with Gasteiger partial charge in [0.25, 0.3) is 0 Å². The van der Waals surface area contributed by atoms with Gasteiger partial charge in [0.1, 0.15) is 0 Å². The Kier molecular flexibility index (Phi) is 5.30. The summed E-state index contributed by atoms with van der Waals surface area (Å²) in [4.78, 5) is 0.